The van der Waals surface area contributed by atoms with E-state index in [0.29, 0.717) is 5.02 Å². The number of halogens is 2. The topological polar surface area (TPSA) is 3.24 Å². The number of hydrogen-bond donors (Lipinski definition) is 0. The van der Waals surface area contributed by atoms with Gasteiger partial charge in [-0.1, -0.05) is 55.2 Å². The van der Waals surface area contributed by atoms with Crippen LogP contribution in [0.4, 0.5) is 0 Å². The van der Waals surface area contributed by atoms with Gasteiger partial charge in [-0.15, -0.1) is 11.8 Å². The average molecular weight is 382 g/mol. The second-order valence-electron chi connectivity index (χ2n) is 5.80. The Morgan fingerprint density at radius 3 is 2.29 bits per heavy atom. The van der Waals surface area contributed by atoms with Crippen LogP contribution in [0.5, 0.6) is 0 Å². The predicted octanol–water partition coefficient (Wildman–Crippen LogP) is 6.56. The highest BCUT2D eigenvalue weighted by molar-refractivity contribution is 7.98. The van der Waals surface area contributed by atoms with E-state index >= 15 is 0 Å². The van der Waals surface area contributed by atoms with E-state index in [1.165, 1.54) is 23.4 Å². The summed E-state index contributed by atoms with van der Waals surface area (Å²) < 4.78 is 0. The summed E-state index contributed by atoms with van der Waals surface area (Å²) >= 11 is 14.0. The standard InChI is InChI=1S/C20H25Cl2NS/c1-3-23(4-2)13-5-6-16-7-11-19(12-8-16)24-15-17-9-10-18(21)14-20(17)22/h7-12,14H,3-6,13,15H2,1-2H3. The molecule has 0 unspecified atom stereocenters. The van der Waals surface area contributed by atoms with Crippen LogP contribution in [0, 0.1) is 0 Å². The Morgan fingerprint density at radius 2 is 1.67 bits per heavy atom. The Labute approximate surface area is 160 Å². The Morgan fingerprint density at radius 1 is 0.958 bits per heavy atom. The maximum Gasteiger partial charge on any atom is 0.0461 e. The summed E-state index contributed by atoms with van der Waals surface area (Å²) in [6.45, 7) is 7.90. The van der Waals surface area contributed by atoms with Crippen LogP contribution in [-0.2, 0) is 12.2 Å². The Kier molecular flexibility index (Phi) is 8.48. The molecule has 0 saturated heterocycles. The van der Waals surface area contributed by atoms with Crippen LogP contribution in [0.3, 0.4) is 0 Å². The van der Waals surface area contributed by atoms with Crippen LogP contribution in [0.15, 0.2) is 47.4 Å². The highest BCUT2D eigenvalue weighted by Crippen LogP contribution is 2.28. The molecule has 0 atom stereocenters. The van der Waals surface area contributed by atoms with Crippen LogP contribution in [-0.4, -0.2) is 24.5 Å². The number of hydrogen-bond acceptors (Lipinski definition) is 2. The van der Waals surface area contributed by atoms with Crippen molar-refractivity contribution >= 4 is 35.0 Å². The average Bonchev–Trinajstić information content (AvgIpc) is 2.59. The van der Waals surface area contributed by atoms with Gasteiger partial charge < -0.3 is 4.90 Å². The van der Waals surface area contributed by atoms with Crippen molar-refractivity contribution in [2.45, 2.75) is 37.3 Å². The first-order valence-electron chi connectivity index (χ1n) is 8.50. The third-order valence-corrected chi connectivity index (χ3v) is 5.81. The molecule has 0 aliphatic rings. The summed E-state index contributed by atoms with van der Waals surface area (Å²) in [5, 5.41) is 1.42. The lowest BCUT2D eigenvalue weighted by atomic mass is 10.1. The van der Waals surface area contributed by atoms with Crippen LogP contribution in [0.2, 0.25) is 10.0 Å². The highest BCUT2D eigenvalue weighted by atomic mass is 35.5. The molecule has 0 N–H and O–H groups in total. The summed E-state index contributed by atoms with van der Waals surface area (Å²) in [5.74, 6) is 0.858. The van der Waals surface area contributed by atoms with Gasteiger partial charge >= 0.3 is 0 Å². The zero-order valence-electron chi connectivity index (χ0n) is 14.4. The smallest absolute Gasteiger partial charge is 0.0461 e. The van der Waals surface area contributed by atoms with Gasteiger partial charge in [0.1, 0.15) is 0 Å². The molecule has 0 aliphatic carbocycles. The first kappa shape index (κ1) is 19.7. The second-order valence-corrected chi connectivity index (χ2v) is 7.69. The van der Waals surface area contributed by atoms with Gasteiger partial charge in [0.2, 0.25) is 0 Å². The fraction of sp³-hybridized carbons (Fsp3) is 0.400. The molecule has 130 valence electrons. The normalized spacial score (nSPS) is 11.2. The summed E-state index contributed by atoms with van der Waals surface area (Å²) in [6, 6.07) is 14.6. The Bertz CT molecular complexity index is 624. The van der Waals surface area contributed by atoms with Gasteiger partial charge in [-0.25, -0.2) is 0 Å². The van der Waals surface area contributed by atoms with E-state index in [4.69, 9.17) is 23.2 Å². The van der Waals surface area contributed by atoms with Crippen molar-refractivity contribution in [3.8, 4) is 0 Å². The van der Waals surface area contributed by atoms with E-state index in [0.717, 1.165) is 35.8 Å². The Hall–Kier alpha value is -0.670. The molecule has 0 radical (unpaired) electrons. The van der Waals surface area contributed by atoms with E-state index in [2.05, 4.69) is 43.0 Å². The van der Waals surface area contributed by atoms with Crippen molar-refractivity contribution in [2.24, 2.45) is 0 Å². The molecule has 2 rings (SSSR count). The monoisotopic (exact) mass is 381 g/mol. The molecule has 1 nitrogen and oxygen atoms in total. The molecule has 2 aromatic rings. The quantitative estimate of drug-likeness (QED) is 0.452. The van der Waals surface area contributed by atoms with Gasteiger partial charge in [0.05, 0.1) is 0 Å². The van der Waals surface area contributed by atoms with Crippen molar-refractivity contribution in [2.75, 3.05) is 19.6 Å². The van der Waals surface area contributed by atoms with Gasteiger partial charge in [0.25, 0.3) is 0 Å². The lowest BCUT2D eigenvalue weighted by Crippen LogP contribution is -2.24. The Balaban J connectivity index is 1.81. The van der Waals surface area contributed by atoms with Crippen LogP contribution in [0.1, 0.15) is 31.4 Å². The van der Waals surface area contributed by atoms with Crippen molar-refractivity contribution in [3.05, 3.63) is 63.6 Å². The maximum atomic E-state index is 6.23. The summed E-state index contributed by atoms with van der Waals surface area (Å²) in [4.78, 5) is 3.74. The zero-order valence-corrected chi connectivity index (χ0v) is 16.7. The molecular formula is C20H25Cl2NS. The minimum absolute atomic E-state index is 0.683. The van der Waals surface area contributed by atoms with E-state index in [1.807, 2.05) is 12.1 Å². The van der Waals surface area contributed by atoms with Gasteiger partial charge in [0.15, 0.2) is 0 Å². The van der Waals surface area contributed by atoms with Gasteiger partial charge in [0, 0.05) is 20.7 Å². The van der Waals surface area contributed by atoms with Crippen LogP contribution in [0.25, 0.3) is 0 Å². The number of aryl methyl sites for hydroxylation is 1. The minimum Gasteiger partial charge on any atom is -0.304 e. The van der Waals surface area contributed by atoms with Crippen LogP contribution >= 0.6 is 35.0 Å². The minimum atomic E-state index is 0.683. The van der Waals surface area contributed by atoms with Gasteiger partial charge in [-0.05, 0) is 67.9 Å². The SMILES string of the molecule is CCN(CC)CCCc1ccc(SCc2ccc(Cl)cc2Cl)cc1. The number of nitrogens with zero attached hydrogens (tertiary/aromatic N) is 1. The van der Waals surface area contributed by atoms with Gasteiger partial charge in [-0.3, -0.25) is 0 Å². The molecule has 0 fully saturated rings. The molecule has 2 aromatic carbocycles. The number of thioether (sulfide) groups is 1. The van der Waals surface area contributed by atoms with Crippen molar-refractivity contribution in [3.63, 3.8) is 0 Å². The first-order valence-corrected chi connectivity index (χ1v) is 10.2. The molecule has 0 aliphatic heterocycles. The van der Waals surface area contributed by atoms with Crippen LogP contribution < -0.4 is 0 Å². The summed E-state index contributed by atoms with van der Waals surface area (Å²) in [7, 11) is 0. The molecule has 0 bridgehead atoms. The van der Waals surface area contributed by atoms with E-state index < -0.39 is 0 Å². The molecule has 0 amide bonds. The molecule has 0 saturated carbocycles. The molecule has 24 heavy (non-hydrogen) atoms. The molecule has 0 heterocycles. The lowest BCUT2D eigenvalue weighted by molar-refractivity contribution is 0.300. The molecule has 0 spiro atoms. The molecular weight excluding hydrogens is 357 g/mol. The maximum absolute atomic E-state index is 6.23. The lowest BCUT2D eigenvalue weighted by Gasteiger charge is -2.17. The molecule has 0 aromatic heterocycles. The van der Waals surface area contributed by atoms with Crippen molar-refractivity contribution in [1.82, 2.24) is 4.90 Å². The van der Waals surface area contributed by atoms with Crippen molar-refractivity contribution < 1.29 is 0 Å². The fourth-order valence-electron chi connectivity index (χ4n) is 2.60. The number of rotatable bonds is 9. The zero-order chi connectivity index (χ0) is 17.4. The van der Waals surface area contributed by atoms with E-state index in [9.17, 15) is 0 Å². The predicted molar refractivity (Wildman–Crippen MR) is 109 cm³/mol. The third-order valence-electron chi connectivity index (χ3n) is 4.17. The fourth-order valence-corrected chi connectivity index (χ4v) is 4.06. The molecule has 4 heteroatoms. The summed E-state index contributed by atoms with van der Waals surface area (Å²) in [6.07, 6.45) is 2.36. The highest BCUT2D eigenvalue weighted by Gasteiger charge is 2.03. The van der Waals surface area contributed by atoms with Gasteiger partial charge in [-0.2, -0.15) is 0 Å². The van der Waals surface area contributed by atoms with E-state index in [-0.39, 0.29) is 0 Å². The summed E-state index contributed by atoms with van der Waals surface area (Å²) in [5.41, 5.74) is 2.53. The first-order chi connectivity index (χ1) is 11.6. The largest absolute Gasteiger partial charge is 0.304 e. The van der Waals surface area contributed by atoms with E-state index in [1.54, 1.807) is 17.8 Å². The number of benzene rings is 2. The third kappa shape index (κ3) is 6.33. The second kappa shape index (κ2) is 10.4. The van der Waals surface area contributed by atoms with Crippen molar-refractivity contribution in [1.29, 1.82) is 0 Å².